The monoisotopic (exact) mass is 347 g/mol. The largest absolute Gasteiger partial charge is 0.312 e. The maximum absolute atomic E-state index is 12.1. The Morgan fingerprint density at radius 1 is 1.40 bits per heavy atom. The van der Waals surface area contributed by atoms with Crippen LogP contribution in [0.5, 0.6) is 0 Å². The second kappa shape index (κ2) is 7.24. The predicted molar refractivity (Wildman–Crippen MR) is 91.2 cm³/mol. The molecule has 134 valence electrons. The van der Waals surface area contributed by atoms with E-state index in [2.05, 4.69) is 20.7 Å². The van der Waals surface area contributed by atoms with Crippen LogP contribution in [-0.2, 0) is 18.4 Å². The van der Waals surface area contributed by atoms with Crippen molar-refractivity contribution >= 4 is 17.8 Å². The van der Waals surface area contributed by atoms with Crippen LogP contribution in [0.2, 0.25) is 0 Å². The van der Waals surface area contributed by atoms with Gasteiger partial charge in [-0.3, -0.25) is 24.3 Å². The third-order valence-electron chi connectivity index (χ3n) is 3.85. The van der Waals surface area contributed by atoms with E-state index in [0.29, 0.717) is 11.4 Å². The number of aromatic nitrogens is 4. The molecule has 2 rings (SSSR count). The molecule has 2 heterocycles. The van der Waals surface area contributed by atoms with E-state index < -0.39 is 10.8 Å². The normalized spacial score (nSPS) is 12.5. The summed E-state index contributed by atoms with van der Waals surface area (Å²) in [6.07, 6.45) is 3.32. The summed E-state index contributed by atoms with van der Waals surface area (Å²) in [7, 11) is 1.80. The van der Waals surface area contributed by atoms with Gasteiger partial charge in [-0.15, -0.1) is 0 Å². The Bertz CT molecular complexity index is 835. The number of hydrogen-bond donors (Lipinski definition) is 1. The van der Waals surface area contributed by atoms with Gasteiger partial charge in [-0.2, -0.15) is 15.3 Å². The van der Waals surface area contributed by atoms with Gasteiger partial charge in [0.1, 0.15) is 11.4 Å². The van der Waals surface area contributed by atoms with Gasteiger partial charge < -0.3 is 0 Å². The van der Waals surface area contributed by atoms with Crippen LogP contribution in [0.1, 0.15) is 29.6 Å². The standard InChI is InChI=1S/C15H21N7O3/c1-9(7-21-12(4)14(22(24)25)11(3)19-21)15(23)17-16-6-13-8-20(5)18-10(13)2/h6,8-9H,7H2,1-5H3,(H,17,23). The van der Waals surface area contributed by atoms with Crippen LogP contribution in [0.3, 0.4) is 0 Å². The summed E-state index contributed by atoms with van der Waals surface area (Å²) in [5.41, 5.74) is 4.83. The number of nitrogens with zero attached hydrogens (tertiary/aromatic N) is 6. The molecule has 2 aromatic heterocycles. The van der Waals surface area contributed by atoms with Crippen molar-refractivity contribution in [3.63, 3.8) is 0 Å². The molecule has 1 atom stereocenters. The highest BCUT2D eigenvalue weighted by molar-refractivity contribution is 5.83. The third kappa shape index (κ3) is 4.08. The lowest BCUT2D eigenvalue weighted by Crippen LogP contribution is -2.28. The molecule has 0 bridgehead atoms. The second-order valence-electron chi connectivity index (χ2n) is 5.94. The molecule has 0 aliphatic rings. The van der Waals surface area contributed by atoms with Crippen LogP contribution in [-0.4, -0.2) is 36.6 Å². The Morgan fingerprint density at radius 3 is 2.60 bits per heavy atom. The van der Waals surface area contributed by atoms with E-state index in [1.54, 1.807) is 38.7 Å². The summed E-state index contributed by atoms with van der Waals surface area (Å²) >= 11 is 0. The fourth-order valence-corrected chi connectivity index (χ4v) is 2.49. The zero-order chi connectivity index (χ0) is 18.7. The van der Waals surface area contributed by atoms with E-state index >= 15 is 0 Å². The number of rotatable bonds is 6. The minimum Gasteiger partial charge on any atom is -0.275 e. The quantitative estimate of drug-likeness (QED) is 0.479. The molecule has 0 aromatic carbocycles. The highest BCUT2D eigenvalue weighted by atomic mass is 16.6. The molecule has 1 N–H and O–H groups in total. The van der Waals surface area contributed by atoms with E-state index in [4.69, 9.17) is 0 Å². The first-order valence-electron chi connectivity index (χ1n) is 7.72. The zero-order valence-corrected chi connectivity index (χ0v) is 14.8. The molecule has 0 saturated heterocycles. The van der Waals surface area contributed by atoms with Crippen molar-refractivity contribution < 1.29 is 9.72 Å². The van der Waals surface area contributed by atoms with Crippen LogP contribution in [0, 0.1) is 36.8 Å². The van der Waals surface area contributed by atoms with E-state index in [9.17, 15) is 14.9 Å². The topological polar surface area (TPSA) is 120 Å². The van der Waals surface area contributed by atoms with E-state index in [1.807, 2.05) is 6.92 Å². The number of nitro groups is 1. The SMILES string of the molecule is Cc1nn(C)cc1C=NNC(=O)C(C)Cn1nc(C)c([N+](=O)[O-])c1C. The van der Waals surface area contributed by atoms with Crippen LogP contribution in [0.4, 0.5) is 5.69 Å². The summed E-state index contributed by atoms with van der Waals surface area (Å²) in [5, 5.41) is 23.3. The minimum atomic E-state index is -0.459. The molecule has 10 nitrogen and oxygen atoms in total. The molecule has 2 aromatic rings. The Balaban J connectivity index is 2.00. The molecule has 0 fully saturated rings. The molecule has 10 heteroatoms. The maximum Gasteiger partial charge on any atom is 0.312 e. The molecule has 1 unspecified atom stereocenters. The van der Waals surface area contributed by atoms with Crippen molar-refractivity contribution in [2.24, 2.45) is 18.1 Å². The molecule has 0 aliphatic heterocycles. The molecule has 0 radical (unpaired) electrons. The van der Waals surface area contributed by atoms with Crippen LogP contribution in [0.15, 0.2) is 11.3 Å². The van der Waals surface area contributed by atoms with Gasteiger partial charge in [0.25, 0.3) is 0 Å². The average molecular weight is 347 g/mol. The third-order valence-corrected chi connectivity index (χ3v) is 3.85. The summed E-state index contributed by atoms with van der Waals surface area (Å²) in [5.74, 6) is -0.752. The van der Waals surface area contributed by atoms with E-state index in [1.165, 1.54) is 10.9 Å². The van der Waals surface area contributed by atoms with Gasteiger partial charge in [-0.25, -0.2) is 5.43 Å². The lowest BCUT2D eigenvalue weighted by atomic mass is 10.1. The van der Waals surface area contributed by atoms with Gasteiger partial charge in [-0.1, -0.05) is 6.92 Å². The first-order chi connectivity index (χ1) is 11.7. The smallest absolute Gasteiger partial charge is 0.275 e. The molecular formula is C15H21N7O3. The number of carbonyl (C=O) groups is 1. The molecule has 0 spiro atoms. The van der Waals surface area contributed by atoms with Crippen LogP contribution >= 0.6 is 0 Å². The van der Waals surface area contributed by atoms with Crippen molar-refractivity contribution in [2.45, 2.75) is 34.2 Å². The second-order valence-corrected chi connectivity index (χ2v) is 5.94. The Kier molecular flexibility index (Phi) is 5.30. The van der Waals surface area contributed by atoms with Gasteiger partial charge in [0.05, 0.1) is 29.3 Å². The van der Waals surface area contributed by atoms with Gasteiger partial charge in [0, 0.05) is 18.8 Å². The molecule has 1 amide bonds. The van der Waals surface area contributed by atoms with Crippen LogP contribution in [0.25, 0.3) is 0 Å². The Labute approximate surface area is 144 Å². The number of hydrogen-bond acceptors (Lipinski definition) is 6. The van der Waals surface area contributed by atoms with E-state index in [-0.39, 0.29) is 18.1 Å². The van der Waals surface area contributed by atoms with Gasteiger partial charge in [0.15, 0.2) is 0 Å². The summed E-state index contributed by atoms with van der Waals surface area (Å²) in [6, 6.07) is 0. The first kappa shape index (κ1) is 18.3. The van der Waals surface area contributed by atoms with Crippen molar-refractivity contribution in [3.8, 4) is 0 Å². The van der Waals surface area contributed by atoms with Crippen molar-refractivity contribution in [2.75, 3.05) is 0 Å². The molecule has 25 heavy (non-hydrogen) atoms. The lowest BCUT2D eigenvalue weighted by Gasteiger charge is -2.10. The minimum absolute atomic E-state index is 0.0160. The number of nitrogens with one attached hydrogen (secondary N) is 1. The summed E-state index contributed by atoms with van der Waals surface area (Å²) in [6.45, 7) is 6.98. The fourth-order valence-electron chi connectivity index (χ4n) is 2.49. The molecule has 0 saturated carbocycles. The van der Waals surface area contributed by atoms with Gasteiger partial charge in [0.2, 0.25) is 5.91 Å². The van der Waals surface area contributed by atoms with Gasteiger partial charge >= 0.3 is 5.69 Å². The first-order valence-corrected chi connectivity index (χ1v) is 7.72. The summed E-state index contributed by atoms with van der Waals surface area (Å²) in [4.78, 5) is 22.7. The number of amides is 1. The molecular weight excluding hydrogens is 326 g/mol. The van der Waals surface area contributed by atoms with Gasteiger partial charge in [-0.05, 0) is 20.8 Å². The molecule has 0 aliphatic carbocycles. The Morgan fingerprint density at radius 2 is 2.08 bits per heavy atom. The predicted octanol–water partition coefficient (Wildman–Crippen LogP) is 1.24. The summed E-state index contributed by atoms with van der Waals surface area (Å²) < 4.78 is 3.14. The number of hydrazone groups is 1. The van der Waals surface area contributed by atoms with Crippen LogP contribution < -0.4 is 5.43 Å². The zero-order valence-electron chi connectivity index (χ0n) is 14.8. The Hall–Kier alpha value is -3.04. The van der Waals surface area contributed by atoms with Crippen molar-refractivity contribution in [1.29, 1.82) is 0 Å². The van der Waals surface area contributed by atoms with Crippen molar-refractivity contribution in [1.82, 2.24) is 25.0 Å². The lowest BCUT2D eigenvalue weighted by molar-refractivity contribution is -0.386. The highest BCUT2D eigenvalue weighted by Crippen LogP contribution is 2.22. The number of carbonyl (C=O) groups excluding carboxylic acids is 1. The van der Waals surface area contributed by atoms with Crippen molar-refractivity contribution in [3.05, 3.63) is 39.0 Å². The highest BCUT2D eigenvalue weighted by Gasteiger charge is 2.24. The average Bonchev–Trinajstić information content (AvgIpc) is 2.97. The maximum atomic E-state index is 12.1. The fraction of sp³-hybridized carbons (Fsp3) is 0.467. The number of aryl methyl sites for hydroxylation is 3. The van der Waals surface area contributed by atoms with E-state index in [0.717, 1.165) is 11.3 Å².